The Bertz CT molecular complexity index is 896. The van der Waals surface area contributed by atoms with Crippen molar-refractivity contribution in [2.75, 3.05) is 5.43 Å². The quantitative estimate of drug-likeness (QED) is 0.427. The summed E-state index contributed by atoms with van der Waals surface area (Å²) in [5.41, 5.74) is 5.69. The van der Waals surface area contributed by atoms with Crippen molar-refractivity contribution in [3.63, 3.8) is 0 Å². The highest BCUT2D eigenvalue weighted by molar-refractivity contribution is 7.13. The Morgan fingerprint density at radius 2 is 2.04 bits per heavy atom. The molecule has 2 aromatic carbocycles. The number of anilines is 1. The SMILES string of the molecule is Cc1csc(NN=Cc2ccccc2OCc2ccc(Cl)c(Cl)c2)n1. The smallest absolute Gasteiger partial charge is 0.203 e. The first kappa shape index (κ1) is 17.7. The minimum absolute atomic E-state index is 0.390. The molecule has 0 unspecified atom stereocenters. The van der Waals surface area contributed by atoms with Crippen LogP contribution in [0.4, 0.5) is 5.13 Å². The molecule has 3 rings (SSSR count). The van der Waals surface area contributed by atoms with Crippen LogP contribution in [0.5, 0.6) is 5.75 Å². The molecule has 7 heteroatoms. The van der Waals surface area contributed by atoms with Gasteiger partial charge >= 0.3 is 0 Å². The van der Waals surface area contributed by atoms with Crippen LogP contribution in [0.25, 0.3) is 0 Å². The standard InChI is InChI=1S/C18H15Cl2N3OS/c1-12-11-25-18(22-12)23-21-9-14-4-2-3-5-17(14)24-10-13-6-7-15(19)16(20)8-13/h2-9,11H,10H2,1H3,(H,22,23). The van der Waals surface area contributed by atoms with Crippen LogP contribution in [0.15, 0.2) is 52.9 Å². The molecule has 25 heavy (non-hydrogen) atoms. The molecule has 0 aliphatic carbocycles. The maximum atomic E-state index is 6.03. The van der Waals surface area contributed by atoms with Crippen LogP contribution in [0.3, 0.4) is 0 Å². The Morgan fingerprint density at radius 3 is 2.80 bits per heavy atom. The molecule has 0 atom stereocenters. The lowest BCUT2D eigenvalue weighted by molar-refractivity contribution is 0.306. The Hall–Kier alpha value is -2.08. The van der Waals surface area contributed by atoms with E-state index in [0.29, 0.717) is 16.7 Å². The molecule has 0 fully saturated rings. The van der Waals surface area contributed by atoms with Gasteiger partial charge in [0.15, 0.2) is 0 Å². The Kier molecular flexibility index (Phi) is 5.91. The van der Waals surface area contributed by atoms with Gasteiger partial charge in [0.05, 0.1) is 22.0 Å². The zero-order valence-electron chi connectivity index (χ0n) is 13.4. The van der Waals surface area contributed by atoms with Crippen molar-refractivity contribution in [2.45, 2.75) is 13.5 Å². The normalized spacial score (nSPS) is 11.0. The average Bonchev–Trinajstić information content (AvgIpc) is 3.02. The number of nitrogens with zero attached hydrogens (tertiary/aromatic N) is 2. The van der Waals surface area contributed by atoms with Gasteiger partial charge in [-0.25, -0.2) is 4.98 Å². The third-order valence-electron chi connectivity index (χ3n) is 3.28. The first-order chi connectivity index (χ1) is 12.1. The predicted molar refractivity (Wildman–Crippen MR) is 105 cm³/mol. The van der Waals surface area contributed by atoms with E-state index < -0.39 is 0 Å². The molecule has 3 aromatic rings. The third kappa shape index (κ3) is 4.95. The number of benzene rings is 2. The van der Waals surface area contributed by atoms with Gasteiger partial charge in [0, 0.05) is 10.9 Å². The summed E-state index contributed by atoms with van der Waals surface area (Å²) in [6.07, 6.45) is 1.71. The van der Waals surface area contributed by atoms with Crippen LogP contribution < -0.4 is 10.2 Å². The van der Waals surface area contributed by atoms with Crippen molar-refractivity contribution < 1.29 is 4.74 Å². The van der Waals surface area contributed by atoms with Crippen molar-refractivity contribution in [3.05, 3.63) is 74.7 Å². The van der Waals surface area contributed by atoms with E-state index in [4.69, 9.17) is 27.9 Å². The number of hydrogen-bond acceptors (Lipinski definition) is 5. The van der Waals surface area contributed by atoms with Crippen LogP contribution in [0.1, 0.15) is 16.8 Å². The van der Waals surface area contributed by atoms with Crippen molar-refractivity contribution in [1.82, 2.24) is 4.98 Å². The number of halogens is 2. The Balaban J connectivity index is 1.66. The zero-order chi connectivity index (χ0) is 17.6. The van der Waals surface area contributed by atoms with E-state index in [0.717, 1.165) is 27.7 Å². The molecule has 0 aliphatic heterocycles. The lowest BCUT2D eigenvalue weighted by Gasteiger charge is -2.09. The molecule has 1 aromatic heterocycles. The highest BCUT2D eigenvalue weighted by Crippen LogP contribution is 2.24. The summed E-state index contributed by atoms with van der Waals surface area (Å²) >= 11 is 13.5. The Morgan fingerprint density at radius 1 is 1.20 bits per heavy atom. The molecule has 0 saturated carbocycles. The highest BCUT2D eigenvalue weighted by Gasteiger charge is 2.04. The number of nitrogens with one attached hydrogen (secondary N) is 1. The summed E-state index contributed by atoms with van der Waals surface area (Å²) < 4.78 is 5.89. The topological polar surface area (TPSA) is 46.5 Å². The van der Waals surface area contributed by atoms with Gasteiger partial charge in [-0.05, 0) is 36.8 Å². The van der Waals surface area contributed by atoms with E-state index in [-0.39, 0.29) is 0 Å². The average molecular weight is 392 g/mol. The van der Waals surface area contributed by atoms with Gasteiger partial charge in [-0.1, -0.05) is 41.4 Å². The van der Waals surface area contributed by atoms with E-state index >= 15 is 0 Å². The van der Waals surface area contributed by atoms with Gasteiger partial charge in [0.1, 0.15) is 12.4 Å². The van der Waals surface area contributed by atoms with E-state index in [1.54, 1.807) is 18.3 Å². The molecule has 0 radical (unpaired) electrons. The first-order valence-electron chi connectivity index (χ1n) is 7.49. The molecule has 128 valence electrons. The third-order valence-corrected chi connectivity index (χ3v) is 4.88. The molecule has 4 nitrogen and oxygen atoms in total. The highest BCUT2D eigenvalue weighted by atomic mass is 35.5. The largest absolute Gasteiger partial charge is 0.488 e. The molecule has 0 aliphatic rings. The summed E-state index contributed by atoms with van der Waals surface area (Å²) in [4.78, 5) is 4.29. The number of aromatic nitrogens is 1. The fourth-order valence-electron chi connectivity index (χ4n) is 2.07. The van der Waals surface area contributed by atoms with Crippen LogP contribution in [0.2, 0.25) is 10.0 Å². The monoisotopic (exact) mass is 391 g/mol. The predicted octanol–water partition coefficient (Wildman–Crippen LogP) is 5.78. The number of rotatable bonds is 6. The molecule has 0 saturated heterocycles. The number of ether oxygens (including phenoxy) is 1. The number of hydrogen-bond donors (Lipinski definition) is 1. The summed E-state index contributed by atoms with van der Waals surface area (Å²) in [7, 11) is 0. The molecule has 0 spiro atoms. The van der Waals surface area contributed by atoms with Crippen LogP contribution in [-0.2, 0) is 6.61 Å². The van der Waals surface area contributed by atoms with Gasteiger partial charge < -0.3 is 4.74 Å². The second-order valence-corrected chi connectivity index (χ2v) is 6.91. The van der Waals surface area contributed by atoms with Crippen molar-refractivity contribution >= 4 is 45.9 Å². The van der Waals surface area contributed by atoms with Crippen molar-refractivity contribution in [1.29, 1.82) is 0 Å². The summed E-state index contributed by atoms with van der Waals surface area (Å²) in [6, 6.07) is 13.1. The molecule has 1 heterocycles. The van der Waals surface area contributed by atoms with Crippen LogP contribution in [0, 0.1) is 6.92 Å². The maximum absolute atomic E-state index is 6.03. The van der Waals surface area contributed by atoms with Gasteiger partial charge in [-0.15, -0.1) is 11.3 Å². The zero-order valence-corrected chi connectivity index (χ0v) is 15.7. The van der Waals surface area contributed by atoms with E-state index in [9.17, 15) is 0 Å². The summed E-state index contributed by atoms with van der Waals surface area (Å²) in [6.45, 7) is 2.33. The van der Waals surface area contributed by atoms with E-state index in [1.165, 1.54) is 11.3 Å². The molecular weight excluding hydrogens is 377 g/mol. The van der Waals surface area contributed by atoms with Crippen molar-refractivity contribution in [3.8, 4) is 5.75 Å². The molecule has 0 bridgehead atoms. The lowest BCUT2D eigenvalue weighted by Crippen LogP contribution is -1.99. The second kappa shape index (κ2) is 8.34. The minimum atomic E-state index is 0.390. The number of hydrazone groups is 1. The van der Waals surface area contributed by atoms with Crippen LogP contribution in [-0.4, -0.2) is 11.2 Å². The maximum Gasteiger partial charge on any atom is 0.203 e. The number of para-hydroxylation sites is 1. The fourth-order valence-corrected chi connectivity index (χ4v) is 3.03. The van der Waals surface area contributed by atoms with Crippen LogP contribution >= 0.6 is 34.5 Å². The number of thiazole rings is 1. The number of aryl methyl sites for hydroxylation is 1. The minimum Gasteiger partial charge on any atom is -0.488 e. The lowest BCUT2D eigenvalue weighted by atomic mass is 10.2. The Labute approximate surface area is 160 Å². The molecular formula is C18H15Cl2N3OS. The van der Waals surface area contributed by atoms with E-state index in [1.807, 2.05) is 42.6 Å². The summed E-state index contributed by atoms with van der Waals surface area (Å²) in [5, 5.41) is 7.98. The molecule has 1 N–H and O–H groups in total. The second-order valence-electron chi connectivity index (χ2n) is 5.24. The van der Waals surface area contributed by atoms with Gasteiger partial charge in [-0.3, -0.25) is 5.43 Å². The van der Waals surface area contributed by atoms with Crippen molar-refractivity contribution in [2.24, 2.45) is 5.10 Å². The van der Waals surface area contributed by atoms with Gasteiger partial charge in [-0.2, -0.15) is 5.10 Å². The molecule has 0 amide bonds. The van der Waals surface area contributed by atoms with E-state index in [2.05, 4.69) is 15.5 Å². The fraction of sp³-hybridized carbons (Fsp3) is 0.111. The first-order valence-corrected chi connectivity index (χ1v) is 9.12. The van der Waals surface area contributed by atoms with Gasteiger partial charge in [0.2, 0.25) is 5.13 Å². The summed E-state index contributed by atoms with van der Waals surface area (Å²) in [5.74, 6) is 0.731. The van der Waals surface area contributed by atoms with Gasteiger partial charge in [0.25, 0.3) is 0 Å².